The molecule has 0 fully saturated rings. The van der Waals surface area contributed by atoms with Gasteiger partial charge in [0.05, 0.1) is 16.6 Å². The number of hydrogen-bond donors (Lipinski definition) is 1. The number of aromatic nitrogens is 4. The van der Waals surface area contributed by atoms with E-state index in [0.29, 0.717) is 5.52 Å². The number of halogens is 1. The van der Waals surface area contributed by atoms with Crippen molar-refractivity contribution in [1.29, 1.82) is 0 Å². The molecular weight excluding hydrogens is 424 g/mol. The number of nitrogens with one attached hydrogen (secondary N) is 1. The molecule has 0 saturated carbocycles. The number of hydrogen-bond acceptors (Lipinski definition) is 4. The van der Waals surface area contributed by atoms with E-state index in [9.17, 15) is 4.79 Å². The molecule has 27 heavy (non-hydrogen) atoms. The summed E-state index contributed by atoms with van der Waals surface area (Å²) in [7, 11) is 0. The maximum atomic E-state index is 12.7. The van der Waals surface area contributed by atoms with Crippen molar-refractivity contribution in [2.45, 2.75) is 6.92 Å². The van der Waals surface area contributed by atoms with Crippen LogP contribution >= 0.6 is 27.3 Å². The van der Waals surface area contributed by atoms with E-state index in [1.54, 1.807) is 6.20 Å². The summed E-state index contributed by atoms with van der Waals surface area (Å²) in [5.74, 6) is 0. The molecule has 0 unspecified atom stereocenters. The third kappa shape index (κ3) is 2.62. The van der Waals surface area contributed by atoms with Gasteiger partial charge in [0.1, 0.15) is 11.2 Å². The van der Waals surface area contributed by atoms with Gasteiger partial charge in [-0.1, -0.05) is 69.2 Å². The summed E-state index contributed by atoms with van der Waals surface area (Å²) in [6, 6.07) is 16.1. The second-order valence-electron chi connectivity index (χ2n) is 6.32. The molecule has 0 aliphatic rings. The van der Waals surface area contributed by atoms with Gasteiger partial charge in [-0.3, -0.25) is 9.20 Å². The van der Waals surface area contributed by atoms with Gasteiger partial charge in [-0.05, 0) is 19.1 Å². The first-order chi connectivity index (χ1) is 13.1. The molecule has 5 aromatic rings. The molecule has 0 radical (unpaired) electrons. The number of H-pyrrole nitrogens is 1. The zero-order chi connectivity index (χ0) is 18.5. The molecule has 7 heteroatoms. The molecule has 3 aromatic heterocycles. The Morgan fingerprint density at radius 3 is 2.48 bits per heavy atom. The summed E-state index contributed by atoms with van der Waals surface area (Å²) in [5, 5.41) is 6.98. The van der Waals surface area contributed by atoms with E-state index in [4.69, 9.17) is 0 Å². The van der Waals surface area contributed by atoms with Crippen LogP contribution in [0.3, 0.4) is 0 Å². The van der Waals surface area contributed by atoms with Crippen LogP contribution in [0.25, 0.3) is 37.7 Å². The Hall–Kier alpha value is -2.77. The summed E-state index contributed by atoms with van der Waals surface area (Å²) in [6.07, 6.45) is 1.81. The fourth-order valence-electron chi connectivity index (χ4n) is 3.17. The van der Waals surface area contributed by atoms with E-state index in [1.807, 2.05) is 59.9 Å². The van der Waals surface area contributed by atoms with Crippen LogP contribution in [0.5, 0.6) is 0 Å². The third-order valence-corrected chi connectivity index (χ3v) is 6.12. The van der Waals surface area contributed by atoms with Crippen LogP contribution in [-0.4, -0.2) is 19.6 Å². The highest BCUT2D eigenvalue weighted by atomic mass is 79.9. The Bertz CT molecular complexity index is 1300. The minimum absolute atomic E-state index is 0.219. The molecule has 132 valence electrons. The number of imidazole rings is 1. The number of fused-ring (bicyclic) bond motifs is 3. The van der Waals surface area contributed by atoms with Crippen molar-refractivity contribution in [2.75, 3.05) is 0 Å². The number of nitrogens with zero attached hydrogens (tertiary/aromatic N) is 3. The van der Waals surface area contributed by atoms with Gasteiger partial charge in [-0.2, -0.15) is 5.10 Å². The maximum Gasteiger partial charge on any atom is 0.290 e. The average molecular weight is 437 g/mol. The van der Waals surface area contributed by atoms with Gasteiger partial charge in [-0.15, -0.1) is 0 Å². The molecular formula is C20H13BrN4OS. The van der Waals surface area contributed by atoms with Gasteiger partial charge in [-0.25, -0.2) is 10.1 Å². The number of aryl methyl sites for hydroxylation is 1. The van der Waals surface area contributed by atoms with Crippen LogP contribution in [0.2, 0.25) is 0 Å². The first-order valence-electron chi connectivity index (χ1n) is 8.33. The fraction of sp³-hybridized carbons (Fsp3) is 0.0500. The topological polar surface area (TPSA) is 63.0 Å². The second kappa shape index (κ2) is 6.14. The maximum absolute atomic E-state index is 12.7. The van der Waals surface area contributed by atoms with E-state index in [2.05, 4.69) is 31.1 Å². The smallest absolute Gasteiger partial charge is 0.278 e. The molecule has 0 saturated heterocycles. The van der Waals surface area contributed by atoms with Crippen LogP contribution in [0, 0.1) is 6.92 Å². The van der Waals surface area contributed by atoms with Crippen molar-refractivity contribution >= 4 is 42.4 Å². The highest BCUT2D eigenvalue weighted by molar-refractivity contribution is 9.10. The summed E-state index contributed by atoms with van der Waals surface area (Å²) >= 11 is 4.94. The van der Waals surface area contributed by atoms with E-state index in [-0.39, 0.29) is 5.56 Å². The van der Waals surface area contributed by atoms with E-state index < -0.39 is 0 Å². The number of rotatable bonds is 2. The van der Waals surface area contributed by atoms with Crippen molar-refractivity contribution < 1.29 is 0 Å². The zero-order valence-electron chi connectivity index (χ0n) is 14.2. The minimum Gasteiger partial charge on any atom is -0.278 e. The third-order valence-electron chi connectivity index (χ3n) is 4.53. The summed E-state index contributed by atoms with van der Waals surface area (Å²) in [6.45, 7) is 2.05. The SMILES string of the molecule is Cc1ccc(-c2n[nH]c(=O)c3c2sc2ncc(-c4ccc(Br)cc4)n23)cc1. The largest absolute Gasteiger partial charge is 0.290 e. The first kappa shape index (κ1) is 16.4. The van der Waals surface area contributed by atoms with Crippen molar-refractivity contribution in [3.63, 3.8) is 0 Å². The Morgan fingerprint density at radius 2 is 1.74 bits per heavy atom. The van der Waals surface area contributed by atoms with Crippen molar-refractivity contribution in [3.05, 3.63) is 75.1 Å². The molecule has 5 rings (SSSR count). The number of benzene rings is 2. The van der Waals surface area contributed by atoms with Gasteiger partial charge in [0.15, 0.2) is 4.96 Å². The van der Waals surface area contributed by atoms with Crippen LogP contribution in [0.4, 0.5) is 0 Å². The van der Waals surface area contributed by atoms with Crippen LogP contribution in [-0.2, 0) is 0 Å². The fourth-order valence-corrected chi connectivity index (χ4v) is 4.55. The first-order valence-corrected chi connectivity index (χ1v) is 9.94. The number of thiazole rings is 1. The van der Waals surface area contributed by atoms with Crippen molar-refractivity contribution in [3.8, 4) is 22.5 Å². The summed E-state index contributed by atoms with van der Waals surface area (Å²) in [4.78, 5) is 18.0. The Kier molecular flexibility index (Phi) is 3.73. The summed E-state index contributed by atoms with van der Waals surface area (Å²) < 4.78 is 3.76. The van der Waals surface area contributed by atoms with Crippen molar-refractivity contribution in [2.24, 2.45) is 0 Å². The lowest BCUT2D eigenvalue weighted by Gasteiger charge is -2.04. The van der Waals surface area contributed by atoms with Gasteiger partial charge in [0, 0.05) is 15.6 Å². The lowest BCUT2D eigenvalue weighted by atomic mass is 10.1. The highest BCUT2D eigenvalue weighted by Crippen LogP contribution is 2.34. The lowest BCUT2D eigenvalue weighted by molar-refractivity contribution is 1.01. The molecule has 3 heterocycles. The van der Waals surface area contributed by atoms with E-state index in [0.717, 1.165) is 36.6 Å². The highest BCUT2D eigenvalue weighted by Gasteiger charge is 2.19. The van der Waals surface area contributed by atoms with Crippen LogP contribution in [0.15, 0.2) is 64.0 Å². The average Bonchev–Trinajstić information content (AvgIpc) is 3.23. The van der Waals surface area contributed by atoms with E-state index in [1.165, 1.54) is 16.9 Å². The zero-order valence-corrected chi connectivity index (χ0v) is 16.6. The monoisotopic (exact) mass is 436 g/mol. The normalized spacial score (nSPS) is 11.5. The standard InChI is InChI=1S/C20H13BrN4OS/c1-11-2-4-13(5-3-11)16-18-17(19(26)24-23-16)25-15(10-22-20(25)27-18)12-6-8-14(21)9-7-12/h2-10H,1H3,(H,24,26). The Morgan fingerprint density at radius 1 is 1.04 bits per heavy atom. The molecule has 0 spiro atoms. The summed E-state index contributed by atoms with van der Waals surface area (Å²) in [5.41, 5.74) is 5.16. The molecule has 2 aromatic carbocycles. The minimum atomic E-state index is -0.219. The molecule has 0 aliphatic heterocycles. The predicted octanol–water partition coefficient (Wildman–Crippen LogP) is 5.04. The molecule has 0 atom stereocenters. The van der Waals surface area contributed by atoms with Gasteiger partial charge >= 0.3 is 0 Å². The predicted molar refractivity (Wildman–Crippen MR) is 112 cm³/mol. The quantitative estimate of drug-likeness (QED) is 0.421. The Labute approximate surface area is 166 Å². The lowest BCUT2D eigenvalue weighted by Crippen LogP contribution is -2.11. The van der Waals surface area contributed by atoms with Gasteiger partial charge < -0.3 is 0 Å². The Balaban J connectivity index is 1.83. The molecule has 1 N–H and O–H groups in total. The van der Waals surface area contributed by atoms with E-state index >= 15 is 0 Å². The van der Waals surface area contributed by atoms with Crippen LogP contribution < -0.4 is 5.56 Å². The van der Waals surface area contributed by atoms with Gasteiger partial charge in [0.2, 0.25) is 0 Å². The number of aromatic amines is 1. The molecule has 5 nitrogen and oxygen atoms in total. The van der Waals surface area contributed by atoms with Gasteiger partial charge in [0.25, 0.3) is 5.56 Å². The van der Waals surface area contributed by atoms with Crippen LogP contribution in [0.1, 0.15) is 5.56 Å². The second-order valence-corrected chi connectivity index (χ2v) is 8.21. The molecule has 0 aliphatic carbocycles. The molecule has 0 bridgehead atoms. The van der Waals surface area contributed by atoms with Crippen molar-refractivity contribution in [1.82, 2.24) is 19.6 Å². The molecule has 0 amide bonds.